The molecule has 2 aromatic rings. The molecule has 0 spiro atoms. The van der Waals surface area contributed by atoms with Gasteiger partial charge in [-0.1, -0.05) is 27.5 Å². The van der Waals surface area contributed by atoms with E-state index in [9.17, 15) is 0 Å². The molecule has 0 fully saturated rings. The Labute approximate surface area is 106 Å². The lowest BCUT2D eigenvalue weighted by molar-refractivity contribution is 0.310. The third-order valence-electron chi connectivity index (χ3n) is 1.87. The van der Waals surface area contributed by atoms with Gasteiger partial charge in [0, 0.05) is 4.47 Å². The molecule has 15 heavy (non-hydrogen) atoms. The van der Waals surface area contributed by atoms with Gasteiger partial charge in [0.25, 0.3) is 0 Å². The van der Waals surface area contributed by atoms with Crippen molar-refractivity contribution < 1.29 is 4.74 Å². The van der Waals surface area contributed by atoms with Crippen molar-refractivity contribution in [1.29, 1.82) is 0 Å². The lowest BCUT2D eigenvalue weighted by atomic mass is 10.3. The number of hydrogen-bond acceptors (Lipinski definition) is 2. The van der Waals surface area contributed by atoms with Gasteiger partial charge in [-0.05, 0) is 35.7 Å². The highest BCUT2D eigenvalue weighted by Crippen LogP contribution is 2.24. The second-order valence-electron chi connectivity index (χ2n) is 2.93. The van der Waals surface area contributed by atoms with E-state index in [0.717, 1.165) is 20.1 Å². The number of benzene rings is 1. The highest BCUT2D eigenvalue weighted by molar-refractivity contribution is 9.10. The van der Waals surface area contributed by atoms with Gasteiger partial charge in [-0.2, -0.15) is 0 Å². The smallest absolute Gasteiger partial charge is 0.124 e. The van der Waals surface area contributed by atoms with Gasteiger partial charge in [0.05, 0.1) is 9.90 Å². The number of ether oxygens (including phenoxy) is 1. The molecule has 1 heterocycles. The second-order valence-corrected chi connectivity index (χ2v) is 5.26. The van der Waals surface area contributed by atoms with Crippen LogP contribution < -0.4 is 4.74 Å². The standard InChI is InChI=1S/C11H8BrClOS/c12-8-1-3-9(4-2-8)14-7-11-10(13)5-6-15-11/h1-6H,7H2. The molecule has 0 atom stereocenters. The van der Waals surface area contributed by atoms with E-state index in [1.807, 2.05) is 35.7 Å². The van der Waals surface area contributed by atoms with Crippen LogP contribution in [-0.2, 0) is 6.61 Å². The molecule has 0 amide bonds. The van der Waals surface area contributed by atoms with Gasteiger partial charge in [0.1, 0.15) is 12.4 Å². The third kappa shape index (κ3) is 2.97. The molecule has 0 bridgehead atoms. The fourth-order valence-electron chi connectivity index (χ4n) is 1.11. The quantitative estimate of drug-likeness (QED) is 0.795. The topological polar surface area (TPSA) is 9.23 Å². The van der Waals surface area contributed by atoms with Crippen molar-refractivity contribution in [2.45, 2.75) is 6.61 Å². The number of hydrogen-bond donors (Lipinski definition) is 0. The van der Waals surface area contributed by atoms with Crippen LogP contribution in [0.4, 0.5) is 0 Å². The van der Waals surface area contributed by atoms with Crippen molar-refractivity contribution in [3.05, 3.63) is 50.1 Å². The lowest BCUT2D eigenvalue weighted by Crippen LogP contribution is -1.92. The van der Waals surface area contributed by atoms with Gasteiger partial charge in [0.2, 0.25) is 0 Å². The fraction of sp³-hybridized carbons (Fsp3) is 0.0909. The maximum absolute atomic E-state index is 5.95. The first-order valence-corrected chi connectivity index (χ1v) is 6.41. The molecular formula is C11H8BrClOS. The van der Waals surface area contributed by atoms with Crippen molar-refractivity contribution in [3.63, 3.8) is 0 Å². The van der Waals surface area contributed by atoms with Crippen LogP contribution in [-0.4, -0.2) is 0 Å². The molecule has 0 unspecified atom stereocenters. The van der Waals surface area contributed by atoms with Crippen molar-refractivity contribution in [3.8, 4) is 5.75 Å². The summed E-state index contributed by atoms with van der Waals surface area (Å²) in [6.07, 6.45) is 0. The molecule has 0 saturated carbocycles. The van der Waals surface area contributed by atoms with Gasteiger partial charge < -0.3 is 4.74 Å². The first-order valence-electron chi connectivity index (χ1n) is 4.36. The Morgan fingerprint density at radius 1 is 1.20 bits per heavy atom. The Bertz CT molecular complexity index is 438. The second kappa shape index (κ2) is 5.01. The molecular weight excluding hydrogens is 296 g/mol. The van der Waals surface area contributed by atoms with E-state index in [1.54, 1.807) is 11.3 Å². The largest absolute Gasteiger partial charge is 0.488 e. The summed E-state index contributed by atoms with van der Waals surface area (Å²) in [7, 11) is 0. The minimum Gasteiger partial charge on any atom is -0.488 e. The molecule has 0 N–H and O–H groups in total. The van der Waals surface area contributed by atoms with Crippen LogP contribution in [0, 0.1) is 0 Å². The first-order chi connectivity index (χ1) is 7.25. The lowest BCUT2D eigenvalue weighted by Gasteiger charge is -2.04. The Morgan fingerprint density at radius 2 is 1.93 bits per heavy atom. The first kappa shape index (κ1) is 11.0. The maximum Gasteiger partial charge on any atom is 0.124 e. The predicted molar refractivity (Wildman–Crippen MR) is 67.8 cm³/mol. The number of rotatable bonds is 3. The van der Waals surface area contributed by atoms with E-state index in [0.29, 0.717) is 6.61 Å². The van der Waals surface area contributed by atoms with Crippen LogP contribution in [0.25, 0.3) is 0 Å². The normalized spacial score (nSPS) is 10.3. The molecule has 1 nitrogen and oxygen atoms in total. The van der Waals surface area contributed by atoms with Gasteiger partial charge >= 0.3 is 0 Å². The Balaban J connectivity index is 1.99. The van der Waals surface area contributed by atoms with E-state index in [-0.39, 0.29) is 0 Å². The van der Waals surface area contributed by atoms with Crippen molar-refractivity contribution in [1.82, 2.24) is 0 Å². The highest BCUT2D eigenvalue weighted by atomic mass is 79.9. The molecule has 4 heteroatoms. The van der Waals surface area contributed by atoms with E-state index < -0.39 is 0 Å². The van der Waals surface area contributed by atoms with Gasteiger partial charge in [-0.3, -0.25) is 0 Å². The Hall–Kier alpha value is -0.510. The summed E-state index contributed by atoms with van der Waals surface area (Å²) in [6, 6.07) is 9.63. The number of halogens is 2. The summed E-state index contributed by atoms with van der Waals surface area (Å²) in [4.78, 5) is 1.06. The molecule has 0 radical (unpaired) electrons. The van der Waals surface area contributed by atoms with Crippen molar-refractivity contribution >= 4 is 38.9 Å². The van der Waals surface area contributed by atoms with E-state index in [4.69, 9.17) is 16.3 Å². The highest BCUT2D eigenvalue weighted by Gasteiger charge is 2.02. The van der Waals surface area contributed by atoms with E-state index >= 15 is 0 Å². The molecule has 1 aromatic carbocycles. The van der Waals surface area contributed by atoms with Crippen LogP contribution in [0.1, 0.15) is 4.88 Å². The van der Waals surface area contributed by atoms with Crippen molar-refractivity contribution in [2.75, 3.05) is 0 Å². The minimum absolute atomic E-state index is 0.526. The fourth-order valence-corrected chi connectivity index (χ4v) is 2.37. The summed E-state index contributed by atoms with van der Waals surface area (Å²) in [5.41, 5.74) is 0. The zero-order chi connectivity index (χ0) is 10.7. The molecule has 0 saturated heterocycles. The number of thiophene rings is 1. The monoisotopic (exact) mass is 302 g/mol. The summed E-state index contributed by atoms with van der Waals surface area (Å²) >= 11 is 10.9. The van der Waals surface area contributed by atoms with Crippen LogP contribution in [0.2, 0.25) is 5.02 Å². The predicted octanol–water partition coefficient (Wildman–Crippen LogP) is 4.74. The van der Waals surface area contributed by atoms with E-state index in [2.05, 4.69) is 15.9 Å². The van der Waals surface area contributed by atoms with Gasteiger partial charge in [0.15, 0.2) is 0 Å². The van der Waals surface area contributed by atoms with Crippen LogP contribution in [0.15, 0.2) is 40.2 Å². The third-order valence-corrected chi connectivity index (χ3v) is 3.76. The molecule has 78 valence electrons. The summed E-state index contributed by atoms with van der Waals surface area (Å²) in [6.45, 7) is 0.526. The molecule has 0 aliphatic carbocycles. The van der Waals surface area contributed by atoms with Crippen molar-refractivity contribution in [2.24, 2.45) is 0 Å². The summed E-state index contributed by atoms with van der Waals surface area (Å²) in [5.74, 6) is 0.850. The molecule has 0 aliphatic heterocycles. The zero-order valence-electron chi connectivity index (χ0n) is 7.74. The van der Waals surface area contributed by atoms with Crippen LogP contribution in [0.3, 0.4) is 0 Å². The Kier molecular flexibility index (Phi) is 3.67. The minimum atomic E-state index is 0.526. The van der Waals surface area contributed by atoms with Gasteiger partial charge in [-0.15, -0.1) is 11.3 Å². The zero-order valence-corrected chi connectivity index (χ0v) is 10.9. The SMILES string of the molecule is Clc1ccsc1COc1ccc(Br)cc1. The summed E-state index contributed by atoms with van der Waals surface area (Å²) < 4.78 is 6.64. The molecule has 2 rings (SSSR count). The molecule has 1 aromatic heterocycles. The van der Waals surface area contributed by atoms with Gasteiger partial charge in [-0.25, -0.2) is 0 Å². The van der Waals surface area contributed by atoms with Crippen LogP contribution >= 0.6 is 38.9 Å². The van der Waals surface area contributed by atoms with E-state index in [1.165, 1.54) is 0 Å². The maximum atomic E-state index is 5.95. The average molecular weight is 304 g/mol. The Morgan fingerprint density at radius 3 is 2.53 bits per heavy atom. The van der Waals surface area contributed by atoms with Crippen LogP contribution in [0.5, 0.6) is 5.75 Å². The average Bonchev–Trinajstić information content (AvgIpc) is 2.63. The molecule has 0 aliphatic rings. The summed E-state index contributed by atoms with van der Waals surface area (Å²) in [5, 5.41) is 2.74.